The van der Waals surface area contributed by atoms with Crippen LogP contribution in [0.2, 0.25) is 0 Å². The summed E-state index contributed by atoms with van der Waals surface area (Å²) < 4.78 is 0. The number of rotatable bonds is 5. The Bertz CT molecular complexity index is 669. The van der Waals surface area contributed by atoms with E-state index in [0.29, 0.717) is 11.5 Å². The zero-order chi connectivity index (χ0) is 18.0. The highest BCUT2D eigenvalue weighted by Crippen LogP contribution is 2.19. The van der Waals surface area contributed by atoms with Crippen LogP contribution in [0, 0.1) is 12.3 Å². The van der Waals surface area contributed by atoms with Crippen LogP contribution in [-0.4, -0.2) is 33.5 Å². The minimum Gasteiger partial charge on any atom is -0.481 e. The van der Waals surface area contributed by atoms with Crippen molar-refractivity contribution in [1.29, 1.82) is 0 Å². The van der Waals surface area contributed by atoms with E-state index in [4.69, 9.17) is 5.11 Å². The van der Waals surface area contributed by atoms with Crippen molar-refractivity contribution in [2.24, 2.45) is 5.41 Å². The van der Waals surface area contributed by atoms with Gasteiger partial charge in [-0.3, -0.25) is 14.4 Å². The minimum absolute atomic E-state index is 0.0360. The zero-order valence-corrected chi connectivity index (χ0v) is 14.5. The highest BCUT2D eigenvalue weighted by atomic mass is 16.4. The molecule has 0 unspecified atom stereocenters. The Labute approximate surface area is 135 Å². The van der Waals surface area contributed by atoms with Crippen molar-refractivity contribution in [3.8, 4) is 0 Å². The van der Waals surface area contributed by atoms with Gasteiger partial charge in [0.1, 0.15) is 11.4 Å². The molecule has 0 atom stereocenters. The van der Waals surface area contributed by atoms with Gasteiger partial charge in [0.15, 0.2) is 0 Å². The van der Waals surface area contributed by atoms with Crippen LogP contribution in [0.1, 0.15) is 62.9 Å². The van der Waals surface area contributed by atoms with Crippen molar-refractivity contribution in [3.05, 3.63) is 27.4 Å². The first kappa shape index (κ1) is 18.9. The van der Waals surface area contributed by atoms with E-state index in [9.17, 15) is 14.4 Å². The fourth-order valence-corrected chi connectivity index (χ4v) is 1.89. The van der Waals surface area contributed by atoms with Gasteiger partial charge in [0.05, 0.1) is 11.1 Å². The molecule has 0 aliphatic heterocycles. The van der Waals surface area contributed by atoms with E-state index in [1.54, 1.807) is 20.8 Å². The van der Waals surface area contributed by atoms with Crippen LogP contribution in [0.25, 0.3) is 0 Å². The highest BCUT2D eigenvalue weighted by molar-refractivity contribution is 5.94. The number of carboxylic acid groups (broad SMARTS) is 1. The lowest BCUT2D eigenvalue weighted by molar-refractivity contribution is -0.147. The number of carbonyl (C=O) groups excluding carboxylic acids is 1. The van der Waals surface area contributed by atoms with Gasteiger partial charge in [-0.15, -0.1) is 0 Å². The third-order valence-electron chi connectivity index (χ3n) is 3.65. The number of nitrogens with zero attached hydrogens (tertiary/aromatic N) is 1. The molecule has 0 radical (unpaired) electrons. The first-order chi connectivity index (χ1) is 10.4. The van der Waals surface area contributed by atoms with E-state index in [1.807, 2.05) is 20.8 Å². The first-order valence-electron chi connectivity index (χ1n) is 7.49. The lowest BCUT2D eigenvalue weighted by atomic mass is 9.89. The molecule has 0 aliphatic rings. The van der Waals surface area contributed by atoms with Crippen molar-refractivity contribution in [2.45, 2.75) is 53.4 Å². The summed E-state index contributed by atoms with van der Waals surface area (Å²) in [6, 6.07) is 0. The molecule has 0 aromatic carbocycles. The third kappa shape index (κ3) is 4.64. The maximum absolute atomic E-state index is 12.2. The number of carboxylic acids is 1. The SMILES string of the molecule is Cc1nc(C(C)(C)C)[nH]c(=O)c1C(=O)NCCC(C)(C)C(=O)O. The quantitative estimate of drug-likeness (QED) is 0.762. The fourth-order valence-electron chi connectivity index (χ4n) is 1.89. The van der Waals surface area contributed by atoms with Crippen LogP contribution in [-0.2, 0) is 10.2 Å². The van der Waals surface area contributed by atoms with E-state index in [0.717, 1.165) is 0 Å². The monoisotopic (exact) mass is 323 g/mol. The highest BCUT2D eigenvalue weighted by Gasteiger charge is 2.27. The average Bonchev–Trinajstić information content (AvgIpc) is 2.36. The Kier molecular flexibility index (Phi) is 5.35. The second-order valence-electron chi connectivity index (χ2n) is 7.32. The molecule has 0 bridgehead atoms. The number of aromatic amines is 1. The van der Waals surface area contributed by atoms with Gasteiger partial charge < -0.3 is 15.4 Å². The number of amides is 1. The molecule has 0 aliphatic carbocycles. The van der Waals surface area contributed by atoms with Crippen molar-refractivity contribution in [2.75, 3.05) is 6.54 Å². The molecule has 0 spiro atoms. The topological polar surface area (TPSA) is 112 Å². The molecular weight excluding hydrogens is 298 g/mol. The van der Waals surface area contributed by atoms with Crippen LogP contribution in [0.15, 0.2) is 4.79 Å². The molecule has 1 amide bonds. The Balaban J connectivity index is 2.90. The van der Waals surface area contributed by atoms with Crippen molar-refractivity contribution < 1.29 is 14.7 Å². The zero-order valence-electron chi connectivity index (χ0n) is 14.5. The van der Waals surface area contributed by atoms with Crippen LogP contribution in [0.3, 0.4) is 0 Å². The molecule has 1 aromatic heterocycles. The standard InChI is InChI=1S/C16H25N3O4/c1-9-10(12(21)19-13(18-9)15(2,3)4)11(20)17-8-7-16(5,6)14(22)23/h7-8H2,1-6H3,(H,17,20)(H,22,23)(H,18,19,21). The number of H-pyrrole nitrogens is 1. The van der Waals surface area contributed by atoms with Crippen LogP contribution >= 0.6 is 0 Å². The maximum Gasteiger partial charge on any atom is 0.309 e. The summed E-state index contributed by atoms with van der Waals surface area (Å²) in [7, 11) is 0. The molecular formula is C16H25N3O4. The van der Waals surface area contributed by atoms with Gasteiger partial charge in [0.2, 0.25) is 0 Å². The molecule has 1 heterocycles. The number of hydrogen-bond donors (Lipinski definition) is 3. The molecule has 0 saturated carbocycles. The van der Waals surface area contributed by atoms with Crippen LogP contribution in [0.5, 0.6) is 0 Å². The second kappa shape index (κ2) is 6.52. The summed E-state index contributed by atoms with van der Waals surface area (Å²) in [4.78, 5) is 42.3. The summed E-state index contributed by atoms with van der Waals surface area (Å²) in [6.45, 7) is 10.7. The molecule has 7 nitrogen and oxygen atoms in total. The summed E-state index contributed by atoms with van der Waals surface area (Å²) in [5.41, 5.74) is -1.44. The van der Waals surface area contributed by atoms with Gasteiger partial charge in [-0.1, -0.05) is 20.8 Å². The average molecular weight is 323 g/mol. The Morgan fingerprint density at radius 3 is 2.22 bits per heavy atom. The van der Waals surface area contributed by atoms with Crippen LogP contribution < -0.4 is 10.9 Å². The molecule has 23 heavy (non-hydrogen) atoms. The fraction of sp³-hybridized carbons (Fsp3) is 0.625. The lowest BCUT2D eigenvalue weighted by Gasteiger charge is -2.20. The smallest absolute Gasteiger partial charge is 0.309 e. The first-order valence-corrected chi connectivity index (χ1v) is 7.49. The van der Waals surface area contributed by atoms with Gasteiger partial charge >= 0.3 is 5.97 Å². The number of aromatic nitrogens is 2. The van der Waals surface area contributed by atoms with Crippen molar-refractivity contribution in [1.82, 2.24) is 15.3 Å². The van der Waals surface area contributed by atoms with E-state index in [1.165, 1.54) is 0 Å². The molecule has 128 valence electrons. The number of aliphatic carboxylic acids is 1. The summed E-state index contributed by atoms with van der Waals surface area (Å²) in [6.07, 6.45) is 0.262. The Morgan fingerprint density at radius 1 is 1.22 bits per heavy atom. The van der Waals surface area contributed by atoms with E-state index in [-0.39, 0.29) is 23.9 Å². The summed E-state index contributed by atoms with van der Waals surface area (Å²) >= 11 is 0. The normalized spacial score (nSPS) is 12.1. The van der Waals surface area contributed by atoms with Gasteiger partial charge in [0.25, 0.3) is 11.5 Å². The number of aryl methyl sites for hydroxylation is 1. The summed E-state index contributed by atoms with van der Waals surface area (Å²) in [5, 5.41) is 11.6. The lowest BCUT2D eigenvalue weighted by Crippen LogP contribution is -2.36. The van der Waals surface area contributed by atoms with E-state index in [2.05, 4.69) is 15.3 Å². The van der Waals surface area contributed by atoms with Crippen LogP contribution in [0.4, 0.5) is 0 Å². The number of hydrogen-bond acceptors (Lipinski definition) is 4. The molecule has 1 rings (SSSR count). The maximum atomic E-state index is 12.2. The molecule has 0 fully saturated rings. The number of carbonyl (C=O) groups is 2. The Hall–Kier alpha value is -2.18. The molecule has 1 aromatic rings. The summed E-state index contributed by atoms with van der Waals surface area (Å²) in [5.74, 6) is -0.960. The molecule has 7 heteroatoms. The third-order valence-corrected chi connectivity index (χ3v) is 3.65. The molecule has 3 N–H and O–H groups in total. The van der Waals surface area contributed by atoms with E-state index >= 15 is 0 Å². The van der Waals surface area contributed by atoms with Gasteiger partial charge in [-0.25, -0.2) is 4.98 Å². The molecule has 0 saturated heterocycles. The van der Waals surface area contributed by atoms with E-state index < -0.39 is 22.9 Å². The Morgan fingerprint density at radius 2 is 1.78 bits per heavy atom. The predicted octanol–water partition coefficient (Wildman–Crippen LogP) is 1.61. The largest absolute Gasteiger partial charge is 0.481 e. The minimum atomic E-state index is -0.941. The van der Waals surface area contributed by atoms with Gasteiger partial charge in [0, 0.05) is 12.0 Å². The van der Waals surface area contributed by atoms with Gasteiger partial charge in [-0.05, 0) is 27.2 Å². The second-order valence-corrected chi connectivity index (χ2v) is 7.32. The van der Waals surface area contributed by atoms with Crippen molar-refractivity contribution in [3.63, 3.8) is 0 Å². The predicted molar refractivity (Wildman–Crippen MR) is 86.7 cm³/mol. The van der Waals surface area contributed by atoms with Gasteiger partial charge in [-0.2, -0.15) is 0 Å². The number of nitrogens with one attached hydrogen (secondary N) is 2. The van der Waals surface area contributed by atoms with Crippen molar-refractivity contribution >= 4 is 11.9 Å².